The summed E-state index contributed by atoms with van der Waals surface area (Å²) in [5.41, 5.74) is 3.20. The van der Waals surface area contributed by atoms with Gasteiger partial charge in [-0.3, -0.25) is 4.98 Å². The van der Waals surface area contributed by atoms with Gasteiger partial charge in [0.15, 0.2) is 0 Å². The average molecular weight is 266 g/mol. The summed E-state index contributed by atoms with van der Waals surface area (Å²) in [6.07, 6.45) is 1.84. The molecule has 1 atom stereocenters. The number of hydrogen-bond acceptors (Lipinski definition) is 3. The first-order valence-electron chi connectivity index (χ1n) is 5.90. The van der Waals surface area contributed by atoms with Crippen LogP contribution in [0.25, 0.3) is 5.69 Å². The molecule has 2 aromatic heterocycles. The molecule has 0 spiro atoms. The van der Waals surface area contributed by atoms with E-state index in [1.807, 2.05) is 32.9 Å². The maximum atomic E-state index is 9.69. The summed E-state index contributed by atoms with van der Waals surface area (Å²) < 4.78 is 1.76. The molecular weight excluding hydrogens is 250 g/mol. The summed E-state index contributed by atoms with van der Waals surface area (Å²) in [6, 6.07) is 3.70. The Kier molecular flexibility index (Phi) is 3.68. The van der Waals surface area contributed by atoms with E-state index in [9.17, 15) is 5.11 Å². The molecule has 1 N–H and O–H groups in total. The van der Waals surface area contributed by atoms with Crippen molar-refractivity contribution in [2.75, 3.05) is 0 Å². The molecule has 5 heteroatoms. The lowest BCUT2D eigenvalue weighted by Gasteiger charge is -2.08. The van der Waals surface area contributed by atoms with Gasteiger partial charge in [0.05, 0.1) is 40.1 Å². The van der Waals surface area contributed by atoms with Crippen LogP contribution in [0.5, 0.6) is 0 Å². The highest BCUT2D eigenvalue weighted by molar-refractivity contribution is 6.31. The lowest BCUT2D eigenvalue weighted by molar-refractivity contribution is 0.169. The molecule has 0 aliphatic carbocycles. The Labute approximate surface area is 111 Å². The van der Waals surface area contributed by atoms with E-state index in [-0.39, 0.29) is 0 Å². The van der Waals surface area contributed by atoms with Gasteiger partial charge in [-0.1, -0.05) is 18.5 Å². The maximum absolute atomic E-state index is 9.69. The van der Waals surface area contributed by atoms with Gasteiger partial charge < -0.3 is 5.11 Å². The number of nitrogens with zero attached hydrogens (tertiary/aromatic N) is 3. The number of aliphatic hydroxyl groups excluding tert-OH is 1. The number of halogens is 1. The fourth-order valence-corrected chi connectivity index (χ4v) is 1.92. The monoisotopic (exact) mass is 265 g/mol. The van der Waals surface area contributed by atoms with Crippen LogP contribution in [-0.4, -0.2) is 19.9 Å². The summed E-state index contributed by atoms with van der Waals surface area (Å²) in [7, 11) is 0. The molecule has 0 aromatic carbocycles. The van der Waals surface area contributed by atoms with Crippen LogP contribution in [-0.2, 0) is 0 Å². The molecule has 96 valence electrons. The maximum Gasteiger partial charge on any atom is 0.0957 e. The van der Waals surface area contributed by atoms with Crippen molar-refractivity contribution in [1.29, 1.82) is 0 Å². The van der Waals surface area contributed by atoms with Gasteiger partial charge in [0.25, 0.3) is 0 Å². The van der Waals surface area contributed by atoms with Crippen LogP contribution in [0.4, 0.5) is 0 Å². The molecule has 4 nitrogen and oxygen atoms in total. The summed E-state index contributed by atoms with van der Waals surface area (Å²) in [4.78, 5) is 4.25. The number of aromatic nitrogens is 3. The molecule has 0 saturated carbocycles. The van der Waals surface area contributed by atoms with Crippen molar-refractivity contribution < 1.29 is 5.11 Å². The molecule has 0 fully saturated rings. The highest BCUT2D eigenvalue weighted by atomic mass is 35.5. The Morgan fingerprint density at radius 1 is 1.39 bits per heavy atom. The number of hydrogen-bond donors (Lipinski definition) is 1. The summed E-state index contributed by atoms with van der Waals surface area (Å²) >= 11 is 6.11. The third kappa shape index (κ3) is 2.26. The molecule has 0 aliphatic heterocycles. The van der Waals surface area contributed by atoms with Crippen LogP contribution in [0, 0.1) is 13.8 Å². The van der Waals surface area contributed by atoms with Gasteiger partial charge in [0.1, 0.15) is 0 Å². The first kappa shape index (κ1) is 13.1. The molecule has 18 heavy (non-hydrogen) atoms. The van der Waals surface area contributed by atoms with E-state index in [0.29, 0.717) is 17.1 Å². The molecule has 0 saturated heterocycles. The average Bonchev–Trinajstić information content (AvgIpc) is 2.66. The number of aryl methyl sites for hydroxylation is 1. The van der Waals surface area contributed by atoms with Crippen molar-refractivity contribution in [2.45, 2.75) is 33.3 Å². The van der Waals surface area contributed by atoms with E-state index >= 15 is 0 Å². The van der Waals surface area contributed by atoms with E-state index in [2.05, 4.69) is 10.1 Å². The molecular formula is C13H16ClN3O. The van der Waals surface area contributed by atoms with Gasteiger partial charge >= 0.3 is 0 Å². The van der Waals surface area contributed by atoms with E-state index in [1.54, 1.807) is 10.9 Å². The second kappa shape index (κ2) is 5.08. The smallest absolute Gasteiger partial charge is 0.0957 e. The minimum absolute atomic E-state index is 0.511. The zero-order valence-electron chi connectivity index (χ0n) is 10.7. The molecule has 0 amide bonds. The van der Waals surface area contributed by atoms with Crippen LogP contribution in [0.15, 0.2) is 18.3 Å². The summed E-state index contributed by atoms with van der Waals surface area (Å²) in [5, 5.41) is 14.7. The highest BCUT2D eigenvalue weighted by Crippen LogP contribution is 2.22. The Morgan fingerprint density at radius 3 is 2.56 bits per heavy atom. The van der Waals surface area contributed by atoms with Crippen molar-refractivity contribution in [2.24, 2.45) is 0 Å². The van der Waals surface area contributed by atoms with E-state index in [4.69, 9.17) is 11.6 Å². The van der Waals surface area contributed by atoms with Crippen molar-refractivity contribution >= 4 is 11.6 Å². The van der Waals surface area contributed by atoms with Crippen LogP contribution in [0.1, 0.15) is 36.5 Å². The van der Waals surface area contributed by atoms with E-state index in [0.717, 1.165) is 17.1 Å². The van der Waals surface area contributed by atoms with Gasteiger partial charge in [-0.15, -0.1) is 0 Å². The van der Waals surface area contributed by atoms with Crippen LogP contribution >= 0.6 is 11.6 Å². The minimum atomic E-state index is -0.511. The largest absolute Gasteiger partial charge is 0.387 e. The normalized spacial score (nSPS) is 12.7. The third-order valence-corrected chi connectivity index (χ3v) is 3.49. The van der Waals surface area contributed by atoms with Gasteiger partial charge in [-0.2, -0.15) is 5.10 Å². The Morgan fingerprint density at radius 2 is 2.11 bits per heavy atom. The first-order valence-corrected chi connectivity index (χ1v) is 6.28. The quantitative estimate of drug-likeness (QED) is 0.928. The van der Waals surface area contributed by atoms with E-state index < -0.39 is 6.10 Å². The Bertz CT molecular complexity index is 548. The van der Waals surface area contributed by atoms with Gasteiger partial charge in [-0.25, -0.2) is 4.68 Å². The van der Waals surface area contributed by atoms with Gasteiger partial charge in [0.2, 0.25) is 0 Å². The fourth-order valence-electron chi connectivity index (χ4n) is 1.80. The SMILES string of the molecule is CC[C@@H](O)c1ccc(-n2nc(C)c(Cl)c2C)cn1. The van der Waals surface area contributed by atoms with Crippen molar-refractivity contribution in [1.82, 2.24) is 14.8 Å². The molecule has 0 unspecified atom stereocenters. The summed E-state index contributed by atoms with van der Waals surface area (Å²) in [5.74, 6) is 0. The molecule has 2 rings (SSSR count). The minimum Gasteiger partial charge on any atom is -0.387 e. The van der Waals surface area contributed by atoms with Crippen molar-refractivity contribution in [3.63, 3.8) is 0 Å². The molecule has 0 radical (unpaired) electrons. The predicted octanol–water partition coefficient (Wildman–Crippen LogP) is 2.98. The van der Waals surface area contributed by atoms with Crippen molar-refractivity contribution in [3.8, 4) is 5.69 Å². The van der Waals surface area contributed by atoms with Crippen LogP contribution < -0.4 is 0 Å². The highest BCUT2D eigenvalue weighted by Gasteiger charge is 2.12. The molecule has 0 bridgehead atoms. The standard InChI is InChI=1S/C13H16ClN3O/c1-4-12(18)11-6-5-10(7-15-11)17-9(3)13(14)8(2)16-17/h5-7,12,18H,4H2,1-3H3/t12-/m1/s1. The lowest BCUT2D eigenvalue weighted by atomic mass is 10.2. The lowest BCUT2D eigenvalue weighted by Crippen LogP contribution is -2.03. The second-order valence-corrected chi connectivity index (χ2v) is 4.64. The summed E-state index contributed by atoms with van der Waals surface area (Å²) in [6.45, 7) is 5.70. The Balaban J connectivity index is 2.37. The number of pyridine rings is 1. The Hall–Kier alpha value is -1.39. The fraction of sp³-hybridized carbons (Fsp3) is 0.385. The van der Waals surface area contributed by atoms with Gasteiger partial charge in [-0.05, 0) is 32.4 Å². The number of rotatable bonds is 3. The topological polar surface area (TPSA) is 50.9 Å². The van der Waals surface area contributed by atoms with Gasteiger partial charge in [0, 0.05) is 0 Å². The van der Waals surface area contributed by atoms with Crippen molar-refractivity contribution in [3.05, 3.63) is 40.4 Å². The van der Waals surface area contributed by atoms with Crippen LogP contribution in [0.2, 0.25) is 5.02 Å². The number of aliphatic hydroxyl groups is 1. The molecule has 2 aromatic rings. The molecule has 0 aliphatic rings. The zero-order valence-corrected chi connectivity index (χ0v) is 11.4. The molecule has 2 heterocycles. The second-order valence-electron chi connectivity index (χ2n) is 4.26. The zero-order chi connectivity index (χ0) is 13.3. The predicted molar refractivity (Wildman–Crippen MR) is 71.1 cm³/mol. The third-order valence-electron chi connectivity index (χ3n) is 2.95. The first-order chi connectivity index (χ1) is 8.54. The van der Waals surface area contributed by atoms with E-state index in [1.165, 1.54) is 0 Å². The van der Waals surface area contributed by atoms with Crippen LogP contribution in [0.3, 0.4) is 0 Å².